The number of nitrogens with one attached hydrogen (secondary N) is 1. The summed E-state index contributed by atoms with van der Waals surface area (Å²) in [6.07, 6.45) is -3.88. The summed E-state index contributed by atoms with van der Waals surface area (Å²) in [5, 5.41) is 3.00. The molecule has 6 nitrogen and oxygen atoms in total. The third-order valence-electron chi connectivity index (χ3n) is 3.76. The van der Waals surface area contributed by atoms with Crippen LogP contribution in [0.4, 0.5) is 19.1 Å². The van der Waals surface area contributed by atoms with E-state index in [0.717, 1.165) is 5.56 Å². The van der Waals surface area contributed by atoms with E-state index in [1.165, 1.54) is 12.3 Å². The van der Waals surface area contributed by atoms with Crippen molar-refractivity contribution in [2.75, 3.05) is 25.6 Å². The fourth-order valence-corrected chi connectivity index (χ4v) is 2.50. The molecule has 26 heavy (non-hydrogen) atoms. The molecule has 0 bridgehead atoms. The third-order valence-corrected chi connectivity index (χ3v) is 3.76. The first-order chi connectivity index (χ1) is 12.4. The molecule has 0 spiro atoms. The van der Waals surface area contributed by atoms with Crippen LogP contribution in [0.2, 0.25) is 0 Å². The summed E-state index contributed by atoms with van der Waals surface area (Å²) in [7, 11) is 1.54. The highest BCUT2D eigenvalue weighted by molar-refractivity contribution is 5.52. The van der Waals surface area contributed by atoms with Crippen molar-refractivity contribution >= 4 is 5.95 Å². The molecule has 2 aromatic rings. The second-order valence-electron chi connectivity index (χ2n) is 5.65. The molecule has 9 heteroatoms. The number of alkyl halides is 3. The molecular formula is C17H18F3N3O3. The number of hydrogen-bond acceptors (Lipinski definition) is 6. The molecule has 2 heterocycles. The number of ether oxygens (including phenoxy) is 3. The lowest BCUT2D eigenvalue weighted by Crippen LogP contribution is -2.16. The van der Waals surface area contributed by atoms with E-state index in [2.05, 4.69) is 15.3 Å². The van der Waals surface area contributed by atoms with Crippen LogP contribution in [0.3, 0.4) is 0 Å². The molecule has 0 unspecified atom stereocenters. The quantitative estimate of drug-likeness (QED) is 0.842. The summed E-state index contributed by atoms with van der Waals surface area (Å²) < 4.78 is 53.4. The third kappa shape index (κ3) is 4.68. The zero-order chi connectivity index (χ0) is 18.6. The van der Waals surface area contributed by atoms with Crippen LogP contribution in [-0.2, 0) is 13.0 Å². The van der Waals surface area contributed by atoms with Crippen LogP contribution in [0.25, 0.3) is 0 Å². The minimum absolute atomic E-state index is 0.186. The number of methoxy groups -OCH3 is 1. The number of fused-ring (bicyclic) bond motifs is 1. The summed E-state index contributed by atoms with van der Waals surface area (Å²) in [6.45, 7) is 1.27. The van der Waals surface area contributed by atoms with Crippen molar-refractivity contribution in [2.45, 2.75) is 25.6 Å². The van der Waals surface area contributed by atoms with Crippen molar-refractivity contribution in [2.24, 2.45) is 0 Å². The minimum Gasteiger partial charge on any atom is -0.496 e. The van der Waals surface area contributed by atoms with Gasteiger partial charge < -0.3 is 19.5 Å². The Bertz CT molecular complexity index is 769. The average Bonchev–Trinajstić information content (AvgIpc) is 2.63. The Balaban J connectivity index is 1.69. The molecule has 1 aliphatic heterocycles. The fourth-order valence-electron chi connectivity index (χ4n) is 2.50. The minimum atomic E-state index is -4.21. The van der Waals surface area contributed by atoms with Crippen LogP contribution in [-0.4, -0.2) is 36.5 Å². The molecule has 0 saturated carbocycles. The van der Waals surface area contributed by atoms with Crippen molar-refractivity contribution in [3.05, 3.63) is 35.7 Å². The predicted molar refractivity (Wildman–Crippen MR) is 87.7 cm³/mol. The first-order valence-electron chi connectivity index (χ1n) is 8.03. The van der Waals surface area contributed by atoms with Gasteiger partial charge in [0.2, 0.25) is 5.95 Å². The molecule has 140 valence electrons. The normalized spacial score (nSPS) is 13.4. The lowest BCUT2D eigenvalue weighted by atomic mass is 10.1. The topological polar surface area (TPSA) is 65.5 Å². The Kier molecular flexibility index (Phi) is 5.34. The summed E-state index contributed by atoms with van der Waals surface area (Å²) in [5.74, 6) is 2.09. The van der Waals surface area contributed by atoms with E-state index in [9.17, 15) is 13.2 Å². The van der Waals surface area contributed by atoms with Crippen LogP contribution in [0, 0.1) is 0 Å². The van der Waals surface area contributed by atoms with Gasteiger partial charge in [-0.25, -0.2) is 9.97 Å². The Morgan fingerprint density at radius 2 is 1.92 bits per heavy atom. The van der Waals surface area contributed by atoms with Crippen molar-refractivity contribution < 1.29 is 27.4 Å². The van der Waals surface area contributed by atoms with Crippen molar-refractivity contribution in [3.8, 4) is 17.2 Å². The number of rotatable bonds is 6. The van der Waals surface area contributed by atoms with Gasteiger partial charge in [0, 0.05) is 36.5 Å². The second kappa shape index (κ2) is 7.67. The van der Waals surface area contributed by atoms with E-state index >= 15 is 0 Å². The zero-order valence-corrected chi connectivity index (χ0v) is 14.1. The lowest BCUT2D eigenvalue weighted by Gasteiger charge is -2.21. The van der Waals surface area contributed by atoms with Gasteiger partial charge in [-0.3, -0.25) is 0 Å². The monoisotopic (exact) mass is 369 g/mol. The molecule has 1 aromatic carbocycles. The van der Waals surface area contributed by atoms with Gasteiger partial charge in [-0.05, 0) is 18.6 Å². The molecule has 1 aliphatic rings. The predicted octanol–water partition coefficient (Wildman–Crippen LogP) is 3.36. The van der Waals surface area contributed by atoms with Crippen LogP contribution < -0.4 is 19.5 Å². The first-order valence-corrected chi connectivity index (χ1v) is 8.03. The SMILES string of the molecule is COc1cc2c(cc1CNc1nccc(CCC(F)(F)F)n1)OCCO2. The van der Waals surface area contributed by atoms with Gasteiger partial charge in [0.05, 0.1) is 7.11 Å². The van der Waals surface area contributed by atoms with Gasteiger partial charge in [0.15, 0.2) is 11.5 Å². The Morgan fingerprint density at radius 1 is 1.19 bits per heavy atom. The van der Waals surface area contributed by atoms with Crippen LogP contribution in [0.15, 0.2) is 24.4 Å². The van der Waals surface area contributed by atoms with Gasteiger partial charge in [-0.1, -0.05) is 0 Å². The van der Waals surface area contributed by atoms with Crippen molar-refractivity contribution in [1.29, 1.82) is 0 Å². The molecule has 0 fully saturated rings. The molecule has 1 aromatic heterocycles. The van der Waals surface area contributed by atoms with E-state index in [4.69, 9.17) is 14.2 Å². The highest BCUT2D eigenvalue weighted by atomic mass is 19.4. The van der Waals surface area contributed by atoms with Gasteiger partial charge >= 0.3 is 6.18 Å². The Morgan fingerprint density at radius 3 is 2.62 bits per heavy atom. The second-order valence-corrected chi connectivity index (χ2v) is 5.65. The van der Waals surface area contributed by atoms with Gasteiger partial charge in [0.1, 0.15) is 19.0 Å². The van der Waals surface area contributed by atoms with E-state index in [1.807, 2.05) is 0 Å². The largest absolute Gasteiger partial charge is 0.496 e. The summed E-state index contributed by atoms with van der Waals surface area (Å²) >= 11 is 0. The maximum absolute atomic E-state index is 12.3. The van der Waals surface area contributed by atoms with Gasteiger partial charge in [-0.15, -0.1) is 0 Å². The number of benzene rings is 1. The molecule has 0 saturated heterocycles. The molecule has 1 N–H and O–H groups in total. The first kappa shape index (κ1) is 18.1. The van der Waals surface area contributed by atoms with Crippen molar-refractivity contribution in [1.82, 2.24) is 9.97 Å². The number of nitrogens with zero attached hydrogens (tertiary/aromatic N) is 2. The molecular weight excluding hydrogens is 351 g/mol. The molecule has 0 atom stereocenters. The molecule has 0 amide bonds. The van der Waals surface area contributed by atoms with E-state index in [1.54, 1.807) is 19.2 Å². The Labute approximate surface area is 148 Å². The number of aromatic nitrogens is 2. The van der Waals surface area contributed by atoms with E-state index < -0.39 is 12.6 Å². The Hall–Kier alpha value is -2.71. The zero-order valence-electron chi connectivity index (χ0n) is 14.1. The standard InChI is InChI=1S/C17H18F3N3O3/c1-24-13-9-15-14(25-6-7-26-15)8-11(13)10-22-16-21-5-3-12(23-16)2-4-17(18,19)20/h3,5,8-9H,2,4,6-7,10H2,1H3,(H,21,22,23). The summed E-state index contributed by atoms with van der Waals surface area (Å²) in [6, 6.07) is 5.02. The maximum atomic E-state index is 12.3. The average molecular weight is 369 g/mol. The highest BCUT2D eigenvalue weighted by Gasteiger charge is 2.26. The lowest BCUT2D eigenvalue weighted by molar-refractivity contribution is -0.134. The van der Waals surface area contributed by atoms with Gasteiger partial charge in [0.25, 0.3) is 0 Å². The highest BCUT2D eigenvalue weighted by Crippen LogP contribution is 2.36. The number of hydrogen-bond donors (Lipinski definition) is 1. The van der Waals surface area contributed by atoms with Crippen LogP contribution >= 0.6 is 0 Å². The molecule has 0 radical (unpaired) electrons. The molecule has 0 aliphatic carbocycles. The van der Waals surface area contributed by atoms with Gasteiger partial charge in [-0.2, -0.15) is 13.2 Å². The fraction of sp³-hybridized carbons (Fsp3) is 0.412. The number of aryl methyl sites for hydroxylation is 1. The maximum Gasteiger partial charge on any atom is 0.389 e. The van der Waals surface area contributed by atoms with Crippen molar-refractivity contribution in [3.63, 3.8) is 0 Å². The van der Waals surface area contributed by atoms with Crippen LogP contribution in [0.1, 0.15) is 17.7 Å². The van der Waals surface area contributed by atoms with Crippen LogP contribution in [0.5, 0.6) is 17.2 Å². The number of anilines is 1. The number of halogens is 3. The molecule has 3 rings (SSSR count). The van der Waals surface area contributed by atoms with E-state index in [0.29, 0.717) is 42.7 Å². The summed E-state index contributed by atoms with van der Waals surface area (Å²) in [5.41, 5.74) is 1.12. The smallest absolute Gasteiger partial charge is 0.389 e. The van der Waals surface area contributed by atoms with E-state index in [-0.39, 0.29) is 12.4 Å². The summed E-state index contributed by atoms with van der Waals surface area (Å²) in [4.78, 5) is 8.16.